The summed E-state index contributed by atoms with van der Waals surface area (Å²) in [4.78, 5) is 14.5. The lowest BCUT2D eigenvalue weighted by molar-refractivity contribution is 0.269. The number of unbranched alkanes of at least 4 members (excludes halogenated alkanes) is 1. The van der Waals surface area contributed by atoms with E-state index in [2.05, 4.69) is 46.1 Å². The zero-order valence-corrected chi connectivity index (χ0v) is 13.0. The molecule has 0 aliphatic heterocycles. The average Bonchev–Trinajstić information content (AvgIpc) is 2.46. The lowest BCUT2D eigenvalue weighted by Crippen LogP contribution is -2.27. The lowest BCUT2D eigenvalue weighted by Gasteiger charge is -2.20. The van der Waals surface area contributed by atoms with Crippen molar-refractivity contribution in [3.63, 3.8) is 0 Å². The third-order valence-corrected chi connectivity index (χ3v) is 3.06. The number of ether oxygens (including phenoxy) is 2. The van der Waals surface area contributed by atoms with Crippen LogP contribution in [0.25, 0.3) is 0 Å². The van der Waals surface area contributed by atoms with Gasteiger partial charge < -0.3 is 19.7 Å². The number of hydrogen-bond acceptors (Lipinski definition) is 7. The zero-order chi connectivity index (χ0) is 15.0. The molecule has 0 radical (unpaired) electrons. The average molecular weight is 283 g/mol. The molecule has 1 aromatic heterocycles. The third kappa shape index (κ3) is 5.56. The van der Waals surface area contributed by atoms with Crippen molar-refractivity contribution in [1.82, 2.24) is 19.9 Å². The minimum atomic E-state index is 0.249. The van der Waals surface area contributed by atoms with E-state index in [-0.39, 0.29) is 12.0 Å². The molecule has 1 N–H and O–H groups in total. The first-order valence-electron chi connectivity index (χ1n) is 6.85. The first kappa shape index (κ1) is 16.4. The van der Waals surface area contributed by atoms with E-state index in [1.165, 1.54) is 14.2 Å². The Labute approximate surface area is 120 Å². The molecule has 1 rings (SSSR count). The summed E-state index contributed by atoms with van der Waals surface area (Å²) < 4.78 is 9.99. The van der Waals surface area contributed by atoms with Crippen LogP contribution < -0.4 is 14.8 Å². The van der Waals surface area contributed by atoms with Gasteiger partial charge in [-0.1, -0.05) is 0 Å². The Hall–Kier alpha value is -1.63. The summed E-state index contributed by atoms with van der Waals surface area (Å²) in [5.74, 6) is 0.478. The van der Waals surface area contributed by atoms with Crippen LogP contribution in [0, 0.1) is 0 Å². The van der Waals surface area contributed by atoms with Crippen molar-refractivity contribution >= 4 is 5.95 Å². The Kier molecular flexibility index (Phi) is 7.00. The van der Waals surface area contributed by atoms with Crippen LogP contribution in [-0.4, -0.2) is 60.3 Å². The minimum absolute atomic E-state index is 0.249. The Morgan fingerprint density at radius 3 is 2.15 bits per heavy atom. The van der Waals surface area contributed by atoms with Crippen LogP contribution in [0.1, 0.15) is 26.7 Å². The second-order valence-electron chi connectivity index (χ2n) is 4.84. The van der Waals surface area contributed by atoms with Crippen LogP contribution in [0.3, 0.4) is 0 Å². The van der Waals surface area contributed by atoms with E-state index in [4.69, 9.17) is 9.47 Å². The predicted octanol–water partition coefficient (Wildman–Crippen LogP) is 1.42. The highest BCUT2D eigenvalue weighted by atomic mass is 16.5. The van der Waals surface area contributed by atoms with Crippen LogP contribution in [0.5, 0.6) is 12.0 Å². The number of rotatable bonds is 9. The normalized spacial score (nSPS) is 10.9. The first-order valence-corrected chi connectivity index (χ1v) is 6.85. The summed E-state index contributed by atoms with van der Waals surface area (Å²) in [7, 11) is 5.17. The summed E-state index contributed by atoms with van der Waals surface area (Å²) >= 11 is 0. The number of nitrogens with one attached hydrogen (secondary N) is 1. The van der Waals surface area contributed by atoms with Crippen molar-refractivity contribution in [1.29, 1.82) is 0 Å². The van der Waals surface area contributed by atoms with Gasteiger partial charge >= 0.3 is 12.0 Å². The maximum Gasteiger partial charge on any atom is 0.324 e. The van der Waals surface area contributed by atoms with Crippen molar-refractivity contribution in [2.45, 2.75) is 32.7 Å². The maximum absolute atomic E-state index is 4.99. The van der Waals surface area contributed by atoms with Gasteiger partial charge in [-0.25, -0.2) is 0 Å². The van der Waals surface area contributed by atoms with Gasteiger partial charge in [0.15, 0.2) is 0 Å². The molecule has 1 aromatic rings. The Morgan fingerprint density at radius 2 is 1.65 bits per heavy atom. The molecular formula is C13H25N5O2. The number of methoxy groups -OCH3 is 2. The van der Waals surface area contributed by atoms with E-state index >= 15 is 0 Å². The summed E-state index contributed by atoms with van der Waals surface area (Å²) in [6.45, 7) is 6.29. The van der Waals surface area contributed by atoms with Crippen LogP contribution in [0.2, 0.25) is 0 Å². The minimum Gasteiger partial charge on any atom is -0.467 e. The fourth-order valence-corrected chi connectivity index (χ4v) is 1.54. The Bertz CT molecular complexity index is 378. The third-order valence-electron chi connectivity index (χ3n) is 3.06. The number of hydrogen-bond donors (Lipinski definition) is 1. The van der Waals surface area contributed by atoms with Crippen LogP contribution >= 0.6 is 0 Å². The monoisotopic (exact) mass is 283 g/mol. The van der Waals surface area contributed by atoms with Crippen LogP contribution in [-0.2, 0) is 0 Å². The summed E-state index contributed by atoms with van der Waals surface area (Å²) in [6, 6.07) is 1.08. The second-order valence-corrected chi connectivity index (χ2v) is 4.84. The summed E-state index contributed by atoms with van der Waals surface area (Å²) in [6.07, 6.45) is 2.18. The van der Waals surface area contributed by atoms with Gasteiger partial charge in [0.2, 0.25) is 5.95 Å². The number of aromatic nitrogens is 3. The van der Waals surface area contributed by atoms with Crippen molar-refractivity contribution in [3.05, 3.63) is 0 Å². The Morgan fingerprint density at radius 1 is 1.05 bits per heavy atom. The SMILES string of the molecule is COc1nc(NCCCCN(C)C(C)C)nc(OC)n1. The molecule has 114 valence electrons. The van der Waals surface area contributed by atoms with E-state index < -0.39 is 0 Å². The molecule has 7 nitrogen and oxygen atoms in total. The second kappa shape index (κ2) is 8.52. The van der Waals surface area contributed by atoms with Gasteiger partial charge in [-0.15, -0.1) is 4.98 Å². The quantitative estimate of drug-likeness (QED) is 0.687. The molecule has 0 saturated heterocycles. The molecule has 0 saturated carbocycles. The molecule has 0 amide bonds. The molecule has 20 heavy (non-hydrogen) atoms. The highest BCUT2D eigenvalue weighted by molar-refractivity contribution is 5.27. The zero-order valence-electron chi connectivity index (χ0n) is 13.0. The summed E-state index contributed by atoms with van der Waals surface area (Å²) in [5, 5.41) is 3.16. The van der Waals surface area contributed by atoms with Crippen molar-refractivity contribution in [2.75, 3.05) is 39.7 Å². The highest BCUT2D eigenvalue weighted by Crippen LogP contribution is 2.11. The van der Waals surface area contributed by atoms with Gasteiger partial charge in [0.25, 0.3) is 0 Å². The van der Waals surface area contributed by atoms with Gasteiger partial charge in [0, 0.05) is 12.6 Å². The molecule has 1 heterocycles. The molecule has 0 aliphatic carbocycles. The first-order chi connectivity index (χ1) is 9.56. The largest absolute Gasteiger partial charge is 0.467 e. The molecule has 0 aliphatic rings. The highest BCUT2D eigenvalue weighted by Gasteiger charge is 2.06. The Balaban J connectivity index is 2.34. The van der Waals surface area contributed by atoms with E-state index in [1.54, 1.807) is 0 Å². The van der Waals surface area contributed by atoms with Crippen LogP contribution in [0.4, 0.5) is 5.95 Å². The molecule has 0 spiro atoms. The van der Waals surface area contributed by atoms with Gasteiger partial charge in [-0.05, 0) is 40.3 Å². The molecule has 0 atom stereocenters. The molecule has 0 bridgehead atoms. The van der Waals surface area contributed by atoms with E-state index in [9.17, 15) is 0 Å². The molecule has 0 aromatic carbocycles. The van der Waals surface area contributed by atoms with Crippen molar-refractivity contribution in [2.24, 2.45) is 0 Å². The maximum atomic E-state index is 4.99. The predicted molar refractivity (Wildman–Crippen MR) is 78.4 cm³/mol. The van der Waals surface area contributed by atoms with Gasteiger partial charge in [-0.2, -0.15) is 9.97 Å². The van der Waals surface area contributed by atoms with Gasteiger partial charge in [-0.3, -0.25) is 0 Å². The van der Waals surface area contributed by atoms with E-state index in [1.807, 2.05) is 0 Å². The number of anilines is 1. The topological polar surface area (TPSA) is 72.4 Å². The molecular weight excluding hydrogens is 258 g/mol. The van der Waals surface area contributed by atoms with Gasteiger partial charge in [0.05, 0.1) is 14.2 Å². The van der Waals surface area contributed by atoms with E-state index in [0.717, 1.165) is 25.9 Å². The standard InChI is InChI=1S/C13H25N5O2/c1-10(2)18(3)9-7-6-8-14-11-15-12(19-4)17-13(16-11)20-5/h10H,6-9H2,1-5H3,(H,14,15,16,17). The smallest absolute Gasteiger partial charge is 0.324 e. The van der Waals surface area contributed by atoms with Crippen molar-refractivity contribution in [3.8, 4) is 12.0 Å². The van der Waals surface area contributed by atoms with Crippen molar-refractivity contribution < 1.29 is 9.47 Å². The van der Waals surface area contributed by atoms with Gasteiger partial charge in [0.1, 0.15) is 0 Å². The molecule has 7 heteroatoms. The van der Waals surface area contributed by atoms with E-state index in [0.29, 0.717) is 12.0 Å². The van der Waals surface area contributed by atoms with Crippen LogP contribution in [0.15, 0.2) is 0 Å². The fourth-order valence-electron chi connectivity index (χ4n) is 1.54. The fraction of sp³-hybridized carbons (Fsp3) is 0.769. The lowest BCUT2D eigenvalue weighted by atomic mass is 10.2. The summed E-state index contributed by atoms with van der Waals surface area (Å²) in [5.41, 5.74) is 0. The molecule has 0 unspecified atom stereocenters. The number of nitrogens with zero attached hydrogens (tertiary/aromatic N) is 4. The molecule has 0 fully saturated rings.